The van der Waals surface area contributed by atoms with Crippen molar-refractivity contribution >= 4 is 56.3 Å². The molecule has 1 aliphatic heterocycles. The number of anilines is 3. The number of nitrogens with zero attached hydrogens (tertiary/aromatic N) is 7. The van der Waals surface area contributed by atoms with Gasteiger partial charge in [-0.25, -0.2) is 19.8 Å². The topological polar surface area (TPSA) is 75.0 Å². The molecule has 7 nitrogen and oxygen atoms in total. The molecule has 2 aromatic heterocycles. The second-order valence-electron chi connectivity index (χ2n) is 13.1. The molecule has 0 fully saturated rings. The SMILES string of the molecule is [C-]#[N+]c1cc(-c2nc(-c3ccccc3)nc(-c3ccccc3)n2)cc(C#N)c1-n1c2ccccc2c2cc3c(cc21)N(c1ccccc1)c1ccccc1S3. The molecule has 55 heavy (non-hydrogen) atoms. The zero-order valence-electron chi connectivity index (χ0n) is 29.1. The van der Waals surface area contributed by atoms with Crippen LogP contribution < -0.4 is 4.90 Å². The van der Waals surface area contributed by atoms with Gasteiger partial charge in [0.25, 0.3) is 0 Å². The highest BCUT2D eigenvalue weighted by atomic mass is 32.2. The van der Waals surface area contributed by atoms with Crippen molar-refractivity contribution in [3.8, 4) is 45.9 Å². The molecule has 7 aromatic carbocycles. The zero-order valence-corrected chi connectivity index (χ0v) is 29.9. The number of hydrogen-bond acceptors (Lipinski definition) is 6. The van der Waals surface area contributed by atoms with E-state index in [1.807, 2.05) is 78.9 Å². The van der Waals surface area contributed by atoms with Crippen LogP contribution in [-0.4, -0.2) is 19.5 Å². The molecule has 8 heteroatoms. The van der Waals surface area contributed by atoms with Gasteiger partial charge in [0, 0.05) is 42.9 Å². The van der Waals surface area contributed by atoms with E-state index in [1.54, 1.807) is 23.9 Å². The van der Waals surface area contributed by atoms with E-state index < -0.39 is 0 Å². The van der Waals surface area contributed by atoms with Crippen LogP contribution in [0.1, 0.15) is 5.56 Å². The second-order valence-corrected chi connectivity index (χ2v) is 14.2. The van der Waals surface area contributed by atoms with Gasteiger partial charge in [-0.1, -0.05) is 121 Å². The standard InChI is InChI=1S/C47H27N7S/c1-49-37-26-32(47-51-45(30-15-5-2-6-16-30)50-46(52-47)31-17-7-3-8-18-31)25-33(29-48)44(37)54-38-22-12-11-21-35(38)36-27-43-41(28-40(36)54)53(34-19-9-4-10-20-34)39-23-13-14-24-42(39)55-43/h2-28H. The van der Waals surface area contributed by atoms with Crippen molar-refractivity contribution in [1.29, 1.82) is 5.26 Å². The van der Waals surface area contributed by atoms with Gasteiger partial charge in [0.2, 0.25) is 5.69 Å². The Labute approximate surface area is 321 Å². The number of rotatable bonds is 5. The quantitative estimate of drug-likeness (QED) is 0.165. The fourth-order valence-corrected chi connectivity index (χ4v) is 8.48. The molecule has 10 rings (SSSR count). The maximum atomic E-state index is 10.9. The van der Waals surface area contributed by atoms with E-state index in [-0.39, 0.29) is 0 Å². The molecule has 1 aliphatic rings. The van der Waals surface area contributed by atoms with E-state index >= 15 is 0 Å². The summed E-state index contributed by atoms with van der Waals surface area (Å²) >= 11 is 1.75. The summed E-state index contributed by atoms with van der Waals surface area (Å²) in [5.41, 5.74) is 8.38. The fraction of sp³-hybridized carbons (Fsp3) is 0. The van der Waals surface area contributed by atoms with Crippen molar-refractivity contribution in [3.05, 3.63) is 181 Å². The van der Waals surface area contributed by atoms with Gasteiger partial charge < -0.3 is 9.47 Å². The normalized spacial score (nSPS) is 11.9. The minimum Gasteiger partial charge on any atom is -0.318 e. The van der Waals surface area contributed by atoms with Crippen LogP contribution in [0.5, 0.6) is 0 Å². The lowest BCUT2D eigenvalue weighted by Gasteiger charge is -2.33. The van der Waals surface area contributed by atoms with E-state index in [9.17, 15) is 5.26 Å². The van der Waals surface area contributed by atoms with E-state index in [2.05, 4.69) is 93.2 Å². The predicted molar refractivity (Wildman–Crippen MR) is 220 cm³/mol. The third-order valence-corrected chi connectivity index (χ3v) is 11.0. The van der Waals surface area contributed by atoms with Crippen LogP contribution in [0.15, 0.2) is 174 Å². The van der Waals surface area contributed by atoms with Gasteiger partial charge in [-0.2, -0.15) is 5.26 Å². The number of nitriles is 1. The van der Waals surface area contributed by atoms with Crippen LogP contribution in [0.3, 0.4) is 0 Å². The van der Waals surface area contributed by atoms with Crippen LogP contribution >= 0.6 is 11.8 Å². The summed E-state index contributed by atoms with van der Waals surface area (Å²) in [7, 11) is 0. The number of aromatic nitrogens is 4. The molecule has 0 saturated carbocycles. The highest BCUT2D eigenvalue weighted by Gasteiger charge is 2.28. The largest absolute Gasteiger partial charge is 0.318 e. The Morgan fingerprint density at radius 2 is 1.15 bits per heavy atom. The summed E-state index contributed by atoms with van der Waals surface area (Å²) in [5.74, 6) is 1.39. The van der Waals surface area contributed by atoms with Gasteiger partial charge in [0.05, 0.1) is 46.3 Å². The van der Waals surface area contributed by atoms with Crippen LogP contribution in [0.2, 0.25) is 0 Å². The Morgan fingerprint density at radius 3 is 1.82 bits per heavy atom. The van der Waals surface area contributed by atoms with E-state index in [0.717, 1.165) is 54.9 Å². The number of hydrogen-bond donors (Lipinski definition) is 0. The molecular weight excluding hydrogens is 695 g/mol. The van der Waals surface area contributed by atoms with Gasteiger partial charge in [0.15, 0.2) is 17.5 Å². The van der Waals surface area contributed by atoms with E-state index in [0.29, 0.717) is 40.0 Å². The predicted octanol–water partition coefficient (Wildman–Crippen LogP) is 12.3. The van der Waals surface area contributed by atoms with E-state index in [1.165, 1.54) is 4.90 Å². The third kappa shape index (κ3) is 5.40. The first-order valence-electron chi connectivity index (χ1n) is 17.7. The van der Waals surface area contributed by atoms with Gasteiger partial charge in [-0.05, 0) is 54.6 Å². The van der Waals surface area contributed by atoms with Crippen molar-refractivity contribution in [2.45, 2.75) is 9.79 Å². The van der Waals surface area contributed by atoms with E-state index in [4.69, 9.17) is 21.5 Å². The maximum Gasteiger partial charge on any atom is 0.212 e. The Bertz CT molecular complexity index is 2940. The smallest absolute Gasteiger partial charge is 0.212 e. The highest BCUT2D eigenvalue weighted by Crippen LogP contribution is 2.53. The Balaban J connectivity index is 1.21. The summed E-state index contributed by atoms with van der Waals surface area (Å²) in [6.07, 6.45) is 0. The average Bonchev–Trinajstić information content (AvgIpc) is 3.57. The van der Waals surface area contributed by atoms with Crippen molar-refractivity contribution < 1.29 is 0 Å². The van der Waals surface area contributed by atoms with Gasteiger partial charge in [-0.3, -0.25) is 0 Å². The molecule has 0 unspecified atom stereocenters. The average molecular weight is 722 g/mol. The lowest BCUT2D eigenvalue weighted by atomic mass is 10.1. The summed E-state index contributed by atoms with van der Waals surface area (Å²) in [6, 6.07) is 57.0. The minimum atomic E-state index is 0.317. The molecular formula is C47H27N7S. The molecule has 256 valence electrons. The summed E-state index contributed by atoms with van der Waals surface area (Å²) < 4.78 is 2.08. The monoisotopic (exact) mass is 721 g/mol. The number of benzene rings is 7. The van der Waals surface area contributed by atoms with Crippen molar-refractivity contribution in [2.24, 2.45) is 0 Å². The summed E-state index contributed by atoms with van der Waals surface area (Å²) in [6.45, 7) is 8.50. The van der Waals surface area contributed by atoms with Crippen LogP contribution in [0, 0.1) is 17.9 Å². The Hall–Kier alpha value is -7.52. The first kappa shape index (κ1) is 32.2. The van der Waals surface area contributed by atoms with Gasteiger partial charge >= 0.3 is 0 Å². The molecule has 0 aliphatic carbocycles. The number of fused-ring (bicyclic) bond motifs is 5. The first-order valence-corrected chi connectivity index (χ1v) is 18.5. The fourth-order valence-electron chi connectivity index (χ4n) is 7.40. The molecule has 0 amide bonds. The molecule has 0 bridgehead atoms. The Morgan fingerprint density at radius 1 is 0.545 bits per heavy atom. The molecule has 0 spiro atoms. The highest BCUT2D eigenvalue weighted by molar-refractivity contribution is 7.99. The third-order valence-electron chi connectivity index (χ3n) is 9.85. The van der Waals surface area contributed by atoms with Crippen molar-refractivity contribution in [3.63, 3.8) is 0 Å². The number of para-hydroxylation sites is 3. The molecule has 0 radical (unpaired) electrons. The summed E-state index contributed by atoms with van der Waals surface area (Å²) in [4.78, 5) is 23.3. The Kier molecular flexibility index (Phi) is 7.69. The molecule has 9 aromatic rings. The van der Waals surface area contributed by atoms with Crippen LogP contribution in [0.4, 0.5) is 22.7 Å². The second kappa shape index (κ2) is 13.2. The lowest BCUT2D eigenvalue weighted by Crippen LogP contribution is -2.14. The molecule has 0 saturated heterocycles. The molecule has 0 N–H and O–H groups in total. The van der Waals surface area contributed by atoms with Gasteiger partial charge in [-0.15, -0.1) is 0 Å². The van der Waals surface area contributed by atoms with Crippen molar-refractivity contribution in [1.82, 2.24) is 19.5 Å². The molecule has 3 heterocycles. The van der Waals surface area contributed by atoms with Crippen LogP contribution in [0.25, 0.3) is 66.5 Å². The van der Waals surface area contributed by atoms with Gasteiger partial charge in [0.1, 0.15) is 0 Å². The first-order chi connectivity index (χ1) is 27.2. The van der Waals surface area contributed by atoms with Crippen LogP contribution in [-0.2, 0) is 0 Å². The minimum absolute atomic E-state index is 0.317. The zero-order chi connectivity index (χ0) is 36.9. The molecule has 0 atom stereocenters. The summed E-state index contributed by atoms with van der Waals surface area (Å²) in [5, 5.41) is 13.0. The lowest BCUT2D eigenvalue weighted by molar-refractivity contribution is 1.07. The van der Waals surface area contributed by atoms with Crippen molar-refractivity contribution in [2.75, 3.05) is 4.90 Å². The maximum absolute atomic E-state index is 10.9.